The fourth-order valence-electron chi connectivity index (χ4n) is 5.23. The van der Waals surface area contributed by atoms with Gasteiger partial charge in [0.2, 0.25) is 5.69 Å². The molecule has 0 N–H and O–H groups in total. The number of para-hydroxylation sites is 1. The van der Waals surface area contributed by atoms with Crippen LogP contribution in [0.2, 0.25) is 0 Å². The Hall–Kier alpha value is -3.13. The summed E-state index contributed by atoms with van der Waals surface area (Å²) in [6.07, 6.45) is 3.37. The minimum Gasteiger partial charge on any atom is -0.338 e. The van der Waals surface area contributed by atoms with Crippen LogP contribution in [0.4, 0.5) is 0 Å². The predicted molar refractivity (Wildman–Crippen MR) is 137 cm³/mol. The first kappa shape index (κ1) is 20.8. The molecule has 1 unspecified atom stereocenters. The monoisotopic (exact) mass is 421 g/mol. The molecule has 0 amide bonds. The Balaban J connectivity index is 1.83. The molecular weight excluding hydrogens is 388 g/mol. The molecule has 1 atom stereocenters. The van der Waals surface area contributed by atoms with Crippen molar-refractivity contribution in [2.45, 2.75) is 53.0 Å². The lowest BCUT2D eigenvalue weighted by Crippen LogP contribution is -2.30. The number of aromatic nitrogens is 2. The summed E-state index contributed by atoms with van der Waals surface area (Å²) in [6.45, 7) is 11.4. The summed E-state index contributed by atoms with van der Waals surface area (Å²) >= 11 is 0. The van der Waals surface area contributed by atoms with Crippen LogP contribution in [0.15, 0.2) is 66.9 Å². The number of nitrogens with zero attached hydrogens (tertiary/aromatic N) is 2. The number of fused-ring (bicyclic) bond motifs is 4. The first-order valence-electron chi connectivity index (χ1n) is 11.9. The molecule has 2 heterocycles. The van der Waals surface area contributed by atoms with Crippen molar-refractivity contribution in [1.29, 1.82) is 0 Å². The van der Waals surface area contributed by atoms with Crippen LogP contribution in [0.25, 0.3) is 43.8 Å². The lowest BCUT2D eigenvalue weighted by atomic mass is 9.93. The van der Waals surface area contributed by atoms with Gasteiger partial charge in [-0.25, -0.2) is 4.57 Å². The molecule has 0 bridgehead atoms. The smallest absolute Gasteiger partial charge is 0.220 e. The molecule has 0 aliphatic carbocycles. The SMILES string of the molecule is CCC(C)c1ccc2c(-c3cc4c(cc3C)c3ccccc3n4C(C)C)[n+](C)ccc2c1. The van der Waals surface area contributed by atoms with Crippen LogP contribution in [-0.2, 0) is 7.05 Å². The number of benzene rings is 3. The highest BCUT2D eigenvalue weighted by Gasteiger charge is 2.21. The highest BCUT2D eigenvalue weighted by Crippen LogP contribution is 2.37. The second kappa shape index (κ2) is 7.78. The molecule has 32 heavy (non-hydrogen) atoms. The van der Waals surface area contributed by atoms with Crippen molar-refractivity contribution >= 4 is 32.6 Å². The van der Waals surface area contributed by atoms with Crippen LogP contribution < -0.4 is 4.57 Å². The standard InChI is InChI=1S/C30H33N2/c1-7-20(4)22-12-13-24-23(17-22)14-15-31(6)30(24)26-18-29-27(16-21(26)5)25-10-8-9-11-28(25)32(29)19(2)3/h8-20H,7H2,1-6H3/q+1. The van der Waals surface area contributed by atoms with Crippen LogP contribution in [0.5, 0.6) is 0 Å². The molecule has 2 heteroatoms. The van der Waals surface area contributed by atoms with E-state index < -0.39 is 0 Å². The van der Waals surface area contributed by atoms with Gasteiger partial charge in [-0.2, -0.15) is 0 Å². The molecule has 0 aliphatic rings. The molecule has 0 fully saturated rings. The van der Waals surface area contributed by atoms with Gasteiger partial charge in [-0.15, -0.1) is 0 Å². The minimum atomic E-state index is 0.396. The van der Waals surface area contributed by atoms with Crippen molar-refractivity contribution in [3.63, 3.8) is 0 Å². The van der Waals surface area contributed by atoms with E-state index in [0.29, 0.717) is 12.0 Å². The fraction of sp³-hybridized carbons (Fsp3) is 0.300. The average Bonchev–Trinajstić information content (AvgIpc) is 3.11. The molecule has 3 aromatic carbocycles. The first-order valence-corrected chi connectivity index (χ1v) is 11.9. The Kier molecular flexibility index (Phi) is 5.04. The van der Waals surface area contributed by atoms with Crippen molar-refractivity contribution in [3.8, 4) is 11.3 Å². The van der Waals surface area contributed by atoms with E-state index in [1.165, 1.54) is 55.0 Å². The molecule has 0 spiro atoms. The van der Waals surface area contributed by atoms with E-state index >= 15 is 0 Å². The molecule has 2 aromatic heterocycles. The second-order valence-corrected chi connectivity index (χ2v) is 9.60. The van der Waals surface area contributed by atoms with E-state index in [-0.39, 0.29) is 0 Å². The van der Waals surface area contributed by atoms with E-state index in [4.69, 9.17) is 0 Å². The van der Waals surface area contributed by atoms with Gasteiger partial charge in [0.05, 0.1) is 16.5 Å². The Labute approximate surface area is 191 Å². The quantitative estimate of drug-likeness (QED) is 0.261. The van der Waals surface area contributed by atoms with E-state index in [2.05, 4.69) is 118 Å². The third-order valence-corrected chi connectivity index (χ3v) is 7.17. The third-order valence-electron chi connectivity index (χ3n) is 7.17. The van der Waals surface area contributed by atoms with E-state index in [1.54, 1.807) is 0 Å². The molecule has 5 rings (SSSR count). The Morgan fingerprint density at radius 2 is 1.62 bits per heavy atom. The lowest BCUT2D eigenvalue weighted by Gasteiger charge is -2.14. The fourth-order valence-corrected chi connectivity index (χ4v) is 5.23. The zero-order chi connectivity index (χ0) is 22.6. The first-order chi connectivity index (χ1) is 15.4. The number of hydrogen-bond acceptors (Lipinski definition) is 0. The van der Waals surface area contributed by atoms with Crippen molar-refractivity contribution in [2.75, 3.05) is 0 Å². The maximum Gasteiger partial charge on any atom is 0.220 e. The maximum atomic E-state index is 2.49. The zero-order valence-electron chi connectivity index (χ0n) is 20.1. The van der Waals surface area contributed by atoms with Gasteiger partial charge in [0, 0.05) is 28.4 Å². The molecular formula is C30H33N2+. The molecule has 0 saturated carbocycles. The summed E-state index contributed by atoms with van der Waals surface area (Å²) in [4.78, 5) is 0. The Morgan fingerprint density at radius 1 is 0.844 bits per heavy atom. The molecule has 2 nitrogen and oxygen atoms in total. The van der Waals surface area contributed by atoms with Crippen LogP contribution in [0, 0.1) is 6.92 Å². The van der Waals surface area contributed by atoms with Gasteiger partial charge in [-0.3, -0.25) is 0 Å². The van der Waals surface area contributed by atoms with Crippen molar-refractivity contribution < 1.29 is 4.57 Å². The highest BCUT2D eigenvalue weighted by molar-refractivity contribution is 6.10. The predicted octanol–water partition coefficient (Wildman–Crippen LogP) is 7.84. The lowest BCUT2D eigenvalue weighted by molar-refractivity contribution is -0.659. The van der Waals surface area contributed by atoms with Gasteiger partial charge in [-0.1, -0.05) is 44.2 Å². The summed E-state index contributed by atoms with van der Waals surface area (Å²) in [5, 5.41) is 5.32. The van der Waals surface area contributed by atoms with Gasteiger partial charge >= 0.3 is 0 Å². The largest absolute Gasteiger partial charge is 0.338 e. The number of aryl methyl sites for hydroxylation is 2. The maximum absolute atomic E-state index is 2.49. The van der Waals surface area contributed by atoms with E-state index in [9.17, 15) is 0 Å². The van der Waals surface area contributed by atoms with Crippen LogP contribution in [0.3, 0.4) is 0 Å². The normalized spacial score (nSPS) is 13.0. The van der Waals surface area contributed by atoms with Crippen molar-refractivity contribution in [1.82, 2.24) is 4.57 Å². The second-order valence-electron chi connectivity index (χ2n) is 9.60. The molecule has 0 saturated heterocycles. The third kappa shape index (κ3) is 3.12. The summed E-state index contributed by atoms with van der Waals surface area (Å²) in [6, 6.07) is 23.3. The minimum absolute atomic E-state index is 0.396. The summed E-state index contributed by atoms with van der Waals surface area (Å²) in [5.41, 5.74) is 7.97. The van der Waals surface area contributed by atoms with E-state index in [0.717, 1.165) is 6.42 Å². The zero-order valence-corrected chi connectivity index (χ0v) is 20.1. The van der Waals surface area contributed by atoms with Gasteiger partial charge in [0.1, 0.15) is 7.05 Å². The molecule has 5 aromatic rings. The van der Waals surface area contributed by atoms with Crippen molar-refractivity contribution in [2.24, 2.45) is 7.05 Å². The Morgan fingerprint density at radius 3 is 2.38 bits per heavy atom. The topological polar surface area (TPSA) is 8.81 Å². The number of pyridine rings is 1. The Bertz CT molecular complexity index is 1470. The van der Waals surface area contributed by atoms with Gasteiger partial charge in [0.15, 0.2) is 6.20 Å². The number of hydrogen-bond donors (Lipinski definition) is 0. The molecule has 0 radical (unpaired) electrons. The van der Waals surface area contributed by atoms with Crippen LogP contribution in [0.1, 0.15) is 57.2 Å². The van der Waals surface area contributed by atoms with Crippen LogP contribution >= 0.6 is 0 Å². The summed E-state index contributed by atoms with van der Waals surface area (Å²) in [7, 11) is 2.17. The molecule has 162 valence electrons. The van der Waals surface area contributed by atoms with Crippen LogP contribution in [-0.4, -0.2) is 4.57 Å². The van der Waals surface area contributed by atoms with Crippen molar-refractivity contribution in [3.05, 3.63) is 78.0 Å². The summed E-state index contributed by atoms with van der Waals surface area (Å²) in [5.74, 6) is 0.580. The molecule has 0 aliphatic heterocycles. The van der Waals surface area contributed by atoms with Gasteiger partial charge < -0.3 is 4.57 Å². The van der Waals surface area contributed by atoms with Gasteiger partial charge in [-0.05, 0) is 73.9 Å². The highest BCUT2D eigenvalue weighted by atomic mass is 15.0. The van der Waals surface area contributed by atoms with Gasteiger partial charge in [0.25, 0.3) is 0 Å². The number of rotatable bonds is 4. The average molecular weight is 422 g/mol. The summed E-state index contributed by atoms with van der Waals surface area (Å²) < 4.78 is 4.77. The van der Waals surface area contributed by atoms with E-state index in [1.807, 2.05) is 0 Å².